The number of carbonyl (C=O) groups excluding carboxylic acids is 1. The van der Waals surface area contributed by atoms with E-state index in [4.69, 9.17) is 4.74 Å². The Hall–Kier alpha value is -1.09. The van der Waals surface area contributed by atoms with E-state index in [0.717, 1.165) is 38.0 Å². The highest BCUT2D eigenvalue weighted by atomic mass is 16.5. The molecule has 1 aromatic rings. The van der Waals surface area contributed by atoms with E-state index in [1.165, 1.54) is 5.69 Å². The molecule has 1 saturated heterocycles. The molecular weight excluding hydrogens is 178 g/mol. The molecule has 1 aromatic heterocycles. The lowest BCUT2D eigenvalue weighted by atomic mass is 9.99. The van der Waals surface area contributed by atoms with Crippen molar-refractivity contribution in [3.05, 3.63) is 23.5 Å². The summed E-state index contributed by atoms with van der Waals surface area (Å²) in [6, 6.07) is 3.90. The smallest absolute Gasteiger partial charge is 0.166 e. The van der Waals surface area contributed by atoms with Crippen molar-refractivity contribution in [2.45, 2.75) is 18.8 Å². The van der Waals surface area contributed by atoms with Gasteiger partial charge in [-0.2, -0.15) is 0 Å². The van der Waals surface area contributed by atoms with Crippen LogP contribution in [0.3, 0.4) is 0 Å². The molecule has 0 radical (unpaired) electrons. The van der Waals surface area contributed by atoms with Crippen LogP contribution in [0.1, 0.15) is 34.9 Å². The molecular formula is C11H15NO2. The lowest BCUT2D eigenvalue weighted by Crippen LogP contribution is -2.18. The Bertz CT molecular complexity index is 324. The van der Waals surface area contributed by atoms with Crippen molar-refractivity contribution in [3.8, 4) is 0 Å². The highest BCUT2D eigenvalue weighted by Crippen LogP contribution is 2.26. The Balaban J connectivity index is 2.22. The summed E-state index contributed by atoms with van der Waals surface area (Å²) in [5, 5.41) is 0. The average Bonchev–Trinajstić information content (AvgIpc) is 2.61. The van der Waals surface area contributed by atoms with Crippen molar-refractivity contribution in [2.24, 2.45) is 7.05 Å². The van der Waals surface area contributed by atoms with Crippen LogP contribution in [0, 0.1) is 0 Å². The first-order chi connectivity index (χ1) is 6.83. The molecule has 2 rings (SSSR count). The van der Waals surface area contributed by atoms with Gasteiger partial charge in [-0.1, -0.05) is 0 Å². The zero-order valence-electron chi connectivity index (χ0n) is 8.40. The van der Waals surface area contributed by atoms with Crippen LogP contribution in [0.25, 0.3) is 0 Å². The molecule has 0 bridgehead atoms. The summed E-state index contributed by atoms with van der Waals surface area (Å²) in [7, 11) is 1.94. The van der Waals surface area contributed by atoms with E-state index in [0.29, 0.717) is 5.92 Å². The van der Waals surface area contributed by atoms with Gasteiger partial charge in [0.1, 0.15) is 0 Å². The van der Waals surface area contributed by atoms with E-state index in [1.54, 1.807) is 0 Å². The molecule has 0 amide bonds. The molecule has 0 N–H and O–H groups in total. The Kier molecular flexibility index (Phi) is 2.68. The van der Waals surface area contributed by atoms with Crippen LogP contribution in [0.4, 0.5) is 0 Å². The molecule has 1 aliphatic rings. The van der Waals surface area contributed by atoms with Crippen LogP contribution in [-0.2, 0) is 11.8 Å². The second kappa shape index (κ2) is 3.96. The third-order valence-corrected chi connectivity index (χ3v) is 2.90. The fourth-order valence-corrected chi connectivity index (χ4v) is 2.05. The monoisotopic (exact) mass is 193 g/mol. The van der Waals surface area contributed by atoms with Crippen LogP contribution in [0.15, 0.2) is 12.1 Å². The highest BCUT2D eigenvalue weighted by Gasteiger charge is 2.19. The van der Waals surface area contributed by atoms with Crippen LogP contribution >= 0.6 is 0 Å². The maximum atomic E-state index is 10.7. The SMILES string of the molecule is Cn1c(C=O)ccc1C1CCCOC1. The number of aldehydes is 1. The number of carbonyl (C=O) groups is 1. The zero-order valence-corrected chi connectivity index (χ0v) is 8.40. The molecule has 0 saturated carbocycles. The molecule has 1 atom stereocenters. The lowest BCUT2D eigenvalue weighted by Gasteiger charge is -2.22. The van der Waals surface area contributed by atoms with E-state index in [1.807, 2.05) is 23.7 Å². The van der Waals surface area contributed by atoms with Crippen molar-refractivity contribution in [3.63, 3.8) is 0 Å². The van der Waals surface area contributed by atoms with Crippen LogP contribution in [0.5, 0.6) is 0 Å². The van der Waals surface area contributed by atoms with Crippen molar-refractivity contribution >= 4 is 6.29 Å². The summed E-state index contributed by atoms with van der Waals surface area (Å²) in [5.41, 5.74) is 1.96. The quantitative estimate of drug-likeness (QED) is 0.670. The standard InChI is InChI=1S/C11H15NO2/c1-12-10(7-13)4-5-11(12)9-3-2-6-14-8-9/h4-5,7,9H,2-3,6,8H2,1H3. The minimum atomic E-state index is 0.461. The molecule has 3 nitrogen and oxygen atoms in total. The van der Waals surface area contributed by atoms with Gasteiger partial charge in [0.05, 0.1) is 12.3 Å². The van der Waals surface area contributed by atoms with Gasteiger partial charge in [0.25, 0.3) is 0 Å². The van der Waals surface area contributed by atoms with E-state index in [9.17, 15) is 4.79 Å². The molecule has 0 spiro atoms. The van der Waals surface area contributed by atoms with Gasteiger partial charge in [-0.3, -0.25) is 4.79 Å². The molecule has 2 heterocycles. The van der Waals surface area contributed by atoms with Crippen molar-refractivity contribution in [2.75, 3.05) is 13.2 Å². The first-order valence-electron chi connectivity index (χ1n) is 5.01. The van der Waals surface area contributed by atoms with E-state index < -0.39 is 0 Å². The van der Waals surface area contributed by atoms with Gasteiger partial charge in [0, 0.05) is 25.3 Å². The second-order valence-corrected chi connectivity index (χ2v) is 3.77. The Morgan fingerprint density at radius 1 is 1.57 bits per heavy atom. The fraction of sp³-hybridized carbons (Fsp3) is 0.545. The molecule has 0 aromatic carbocycles. The molecule has 76 valence electrons. The fourth-order valence-electron chi connectivity index (χ4n) is 2.05. The molecule has 1 aliphatic heterocycles. The number of hydrogen-bond donors (Lipinski definition) is 0. The van der Waals surface area contributed by atoms with Crippen molar-refractivity contribution in [1.82, 2.24) is 4.57 Å². The predicted octanol–water partition coefficient (Wildman–Crippen LogP) is 1.73. The number of nitrogens with zero attached hydrogens (tertiary/aromatic N) is 1. The number of ether oxygens (including phenoxy) is 1. The number of aromatic nitrogens is 1. The van der Waals surface area contributed by atoms with Crippen LogP contribution in [-0.4, -0.2) is 24.1 Å². The number of rotatable bonds is 2. The van der Waals surface area contributed by atoms with Crippen LogP contribution in [0.2, 0.25) is 0 Å². The minimum Gasteiger partial charge on any atom is -0.381 e. The van der Waals surface area contributed by atoms with E-state index in [-0.39, 0.29) is 0 Å². The van der Waals surface area contributed by atoms with E-state index >= 15 is 0 Å². The summed E-state index contributed by atoms with van der Waals surface area (Å²) in [4.78, 5) is 10.7. The summed E-state index contributed by atoms with van der Waals surface area (Å²) in [6.07, 6.45) is 3.18. The van der Waals surface area contributed by atoms with Gasteiger partial charge in [-0.15, -0.1) is 0 Å². The predicted molar refractivity (Wildman–Crippen MR) is 53.6 cm³/mol. The van der Waals surface area contributed by atoms with Crippen molar-refractivity contribution in [1.29, 1.82) is 0 Å². The number of hydrogen-bond acceptors (Lipinski definition) is 2. The molecule has 1 fully saturated rings. The first-order valence-corrected chi connectivity index (χ1v) is 5.01. The third kappa shape index (κ3) is 1.60. The van der Waals surface area contributed by atoms with Gasteiger partial charge >= 0.3 is 0 Å². The Morgan fingerprint density at radius 3 is 3.00 bits per heavy atom. The van der Waals surface area contributed by atoms with Gasteiger partial charge < -0.3 is 9.30 Å². The summed E-state index contributed by atoms with van der Waals surface area (Å²) >= 11 is 0. The van der Waals surface area contributed by atoms with Crippen LogP contribution < -0.4 is 0 Å². The van der Waals surface area contributed by atoms with Gasteiger partial charge in [-0.25, -0.2) is 0 Å². The highest BCUT2D eigenvalue weighted by molar-refractivity contribution is 5.72. The lowest BCUT2D eigenvalue weighted by molar-refractivity contribution is 0.0784. The molecule has 14 heavy (non-hydrogen) atoms. The second-order valence-electron chi connectivity index (χ2n) is 3.77. The van der Waals surface area contributed by atoms with E-state index in [2.05, 4.69) is 0 Å². The third-order valence-electron chi connectivity index (χ3n) is 2.90. The minimum absolute atomic E-state index is 0.461. The largest absolute Gasteiger partial charge is 0.381 e. The summed E-state index contributed by atoms with van der Waals surface area (Å²) in [6.45, 7) is 1.66. The zero-order chi connectivity index (χ0) is 9.97. The topological polar surface area (TPSA) is 31.2 Å². The summed E-state index contributed by atoms with van der Waals surface area (Å²) in [5.74, 6) is 0.461. The molecule has 3 heteroatoms. The molecule has 1 unspecified atom stereocenters. The summed E-state index contributed by atoms with van der Waals surface area (Å²) < 4.78 is 7.40. The first kappa shape index (κ1) is 9.46. The Labute approximate surface area is 83.7 Å². The normalized spacial score (nSPS) is 22.2. The van der Waals surface area contributed by atoms with Gasteiger partial charge in [0.15, 0.2) is 6.29 Å². The maximum Gasteiger partial charge on any atom is 0.166 e. The average molecular weight is 193 g/mol. The molecule has 0 aliphatic carbocycles. The maximum absolute atomic E-state index is 10.7. The van der Waals surface area contributed by atoms with Crippen molar-refractivity contribution < 1.29 is 9.53 Å². The van der Waals surface area contributed by atoms with Gasteiger partial charge in [0.2, 0.25) is 0 Å². The van der Waals surface area contributed by atoms with Gasteiger partial charge in [-0.05, 0) is 25.0 Å². The Morgan fingerprint density at radius 2 is 2.43 bits per heavy atom.